The van der Waals surface area contributed by atoms with E-state index in [0.717, 1.165) is 45.7 Å². The van der Waals surface area contributed by atoms with Crippen LogP contribution in [0.2, 0.25) is 0 Å². The SMILES string of the molecule is CCc1c(C)c(C#N)c2nc3ccccc3n2c1N/N=C/c1ccccc1OC. The number of nitrogens with one attached hydrogen (secondary N) is 1. The average Bonchev–Trinajstić information content (AvgIpc) is 3.13. The number of nitriles is 1. The van der Waals surface area contributed by atoms with Crippen LogP contribution in [-0.2, 0) is 6.42 Å². The predicted octanol–water partition coefficient (Wildman–Crippen LogP) is 4.68. The smallest absolute Gasteiger partial charge is 0.157 e. The highest BCUT2D eigenvalue weighted by atomic mass is 16.5. The van der Waals surface area contributed by atoms with Crippen molar-refractivity contribution < 1.29 is 4.74 Å². The van der Waals surface area contributed by atoms with E-state index in [1.807, 2.05) is 59.9 Å². The first-order valence-corrected chi connectivity index (χ1v) is 9.44. The molecule has 0 unspecified atom stereocenters. The van der Waals surface area contributed by atoms with Crippen molar-refractivity contribution >= 4 is 28.7 Å². The van der Waals surface area contributed by atoms with E-state index in [-0.39, 0.29) is 0 Å². The summed E-state index contributed by atoms with van der Waals surface area (Å²) in [7, 11) is 1.64. The minimum Gasteiger partial charge on any atom is -0.496 e. The molecule has 29 heavy (non-hydrogen) atoms. The Balaban J connectivity index is 1.91. The molecule has 0 spiro atoms. The van der Waals surface area contributed by atoms with Crippen molar-refractivity contribution in [3.05, 3.63) is 70.8 Å². The Labute approximate surface area is 169 Å². The van der Waals surface area contributed by atoms with Crippen molar-refractivity contribution in [1.29, 1.82) is 5.26 Å². The number of nitrogens with zero attached hydrogens (tertiary/aromatic N) is 4. The van der Waals surface area contributed by atoms with Crippen LogP contribution in [0.4, 0.5) is 5.82 Å². The zero-order chi connectivity index (χ0) is 20.4. The van der Waals surface area contributed by atoms with Crippen LogP contribution in [0, 0.1) is 18.3 Å². The summed E-state index contributed by atoms with van der Waals surface area (Å²) in [4.78, 5) is 4.71. The lowest BCUT2D eigenvalue weighted by atomic mass is 10.0. The van der Waals surface area contributed by atoms with E-state index in [1.54, 1.807) is 13.3 Å². The summed E-state index contributed by atoms with van der Waals surface area (Å²) in [5, 5.41) is 14.2. The number of imidazole rings is 1. The summed E-state index contributed by atoms with van der Waals surface area (Å²) in [5.41, 5.74) is 9.05. The highest BCUT2D eigenvalue weighted by Crippen LogP contribution is 2.31. The van der Waals surface area contributed by atoms with Crippen LogP contribution in [-0.4, -0.2) is 22.7 Å². The largest absolute Gasteiger partial charge is 0.496 e. The average molecular weight is 383 g/mol. The summed E-state index contributed by atoms with van der Waals surface area (Å²) in [6.45, 7) is 4.04. The summed E-state index contributed by atoms with van der Waals surface area (Å²) < 4.78 is 7.37. The van der Waals surface area contributed by atoms with Gasteiger partial charge in [-0.3, -0.25) is 9.83 Å². The molecule has 0 amide bonds. The van der Waals surface area contributed by atoms with Crippen LogP contribution < -0.4 is 10.2 Å². The van der Waals surface area contributed by atoms with Gasteiger partial charge in [0, 0.05) is 5.56 Å². The van der Waals surface area contributed by atoms with E-state index in [0.29, 0.717) is 11.2 Å². The highest BCUT2D eigenvalue weighted by Gasteiger charge is 2.19. The molecular weight excluding hydrogens is 362 g/mol. The zero-order valence-electron chi connectivity index (χ0n) is 16.6. The number of pyridine rings is 1. The van der Waals surface area contributed by atoms with E-state index in [1.165, 1.54) is 0 Å². The number of hydrogen-bond acceptors (Lipinski definition) is 5. The Bertz CT molecular complexity index is 1280. The number of hydrogen-bond donors (Lipinski definition) is 1. The van der Waals surface area contributed by atoms with Crippen molar-refractivity contribution in [2.75, 3.05) is 12.5 Å². The van der Waals surface area contributed by atoms with Gasteiger partial charge in [-0.05, 0) is 48.7 Å². The van der Waals surface area contributed by atoms with Crippen molar-refractivity contribution in [3.8, 4) is 11.8 Å². The Morgan fingerprint density at radius 1 is 1.21 bits per heavy atom. The highest BCUT2D eigenvalue weighted by molar-refractivity contribution is 5.87. The maximum atomic E-state index is 9.77. The fourth-order valence-electron chi connectivity index (χ4n) is 3.67. The van der Waals surface area contributed by atoms with Crippen LogP contribution in [0.3, 0.4) is 0 Å². The fraction of sp³-hybridized carbons (Fsp3) is 0.174. The number of fused-ring (bicyclic) bond motifs is 3. The lowest BCUT2D eigenvalue weighted by molar-refractivity contribution is 0.414. The van der Waals surface area contributed by atoms with E-state index in [4.69, 9.17) is 9.72 Å². The number of aromatic nitrogens is 2. The molecule has 2 heterocycles. The summed E-state index contributed by atoms with van der Waals surface area (Å²) in [5.74, 6) is 1.57. The zero-order valence-corrected chi connectivity index (χ0v) is 16.6. The number of methoxy groups -OCH3 is 1. The topological polar surface area (TPSA) is 74.7 Å². The van der Waals surface area contributed by atoms with Crippen LogP contribution in [0.15, 0.2) is 53.6 Å². The number of rotatable bonds is 5. The molecule has 0 bridgehead atoms. The molecule has 4 aromatic rings. The van der Waals surface area contributed by atoms with E-state index >= 15 is 0 Å². The van der Waals surface area contributed by atoms with Gasteiger partial charge in [0.05, 0.1) is 29.9 Å². The van der Waals surface area contributed by atoms with Gasteiger partial charge in [-0.1, -0.05) is 31.2 Å². The second-order valence-corrected chi connectivity index (χ2v) is 6.66. The molecule has 1 N–H and O–H groups in total. The molecule has 6 nitrogen and oxygen atoms in total. The molecule has 144 valence electrons. The van der Waals surface area contributed by atoms with Crippen molar-refractivity contribution in [2.45, 2.75) is 20.3 Å². The number of para-hydroxylation sites is 3. The molecule has 0 atom stereocenters. The summed E-state index contributed by atoms with van der Waals surface area (Å²) in [6.07, 6.45) is 2.49. The molecule has 0 aliphatic carbocycles. The van der Waals surface area contributed by atoms with Crippen LogP contribution in [0.25, 0.3) is 16.7 Å². The van der Waals surface area contributed by atoms with Gasteiger partial charge in [-0.15, -0.1) is 0 Å². The molecule has 0 aliphatic heterocycles. The first-order valence-electron chi connectivity index (χ1n) is 9.44. The van der Waals surface area contributed by atoms with E-state index < -0.39 is 0 Å². The van der Waals surface area contributed by atoms with E-state index in [9.17, 15) is 5.26 Å². The minimum atomic E-state index is 0.595. The lowest BCUT2D eigenvalue weighted by Crippen LogP contribution is -2.07. The Kier molecular flexibility index (Phi) is 4.88. The molecule has 0 aliphatic rings. The monoisotopic (exact) mass is 383 g/mol. The Morgan fingerprint density at radius 2 is 1.97 bits per heavy atom. The third-order valence-corrected chi connectivity index (χ3v) is 5.10. The molecule has 2 aromatic carbocycles. The van der Waals surface area contributed by atoms with Crippen LogP contribution in [0.1, 0.15) is 29.2 Å². The predicted molar refractivity (Wildman–Crippen MR) is 116 cm³/mol. The molecule has 0 saturated heterocycles. The van der Waals surface area contributed by atoms with Gasteiger partial charge >= 0.3 is 0 Å². The molecule has 0 fully saturated rings. The normalized spacial score (nSPS) is 11.2. The molecule has 6 heteroatoms. The summed E-state index contributed by atoms with van der Waals surface area (Å²) >= 11 is 0. The van der Waals surface area contributed by atoms with Gasteiger partial charge in [0.2, 0.25) is 0 Å². The van der Waals surface area contributed by atoms with E-state index in [2.05, 4.69) is 23.5 Å². The van der Waals surface area contributed by atoms with Crippen molar-refractivity contribution in [2.24, 2.45) is 5.10 Å². The fourth-order valence-corrected chi connectivity index (χ4v) is 3.67. The number of hydrazone groups is 1. The Hall–Kier alpha value is -3.85. The third kappa shape index (κ3) is 3.07. The number of ether oxygens (including phenoxy) is 1. The third-order valence-electron chi connectivity index (χ3n) is 5.10. The second-order valence-electron chi connectivity index (χ2n) is 6.66. The molecular formula is C23H21N5O. The molecule has 2 aromatic heterocycles. The maximum absolute atomic E-state index is 9.77. The van der Waals surface area contributed by atoms with Crippen LogP contribution in [0.5, 0.6) is 5.75 Å². The molecule has 4 rings (SSSR count). The van der Waals surface area contributed by atoms with Gasteiger partial charge in [-0.2, -0.15) is 10.4 Å². The van der Waals surface area contributed by atoms with Crippen LogP contribution >= 0.6 is 0 Å². The molecule has 0 radical (unpaired) electrons. The Morgan fingerprint density at radius 3 is 2.72 bits per heavy atom. The molecule has 0 saturated carbocycles. The quantitative estimate of drug-likeness (QED) is 0.401. The summed E-state index contributed by atoms with van der Waals surface area (Å²) in [6, 6.07) is 17.9. The first-order chi connectivity index (χ1) is 14.2. The standard InChI is InChI=1S/C23H21N5O/c1-4-17-15(2)18(13-24)22-26-19-10-6-7-11-20(19)28(22)23(17)27-25-14-16-9-5-8-12-21(16)29-3/h5-12,14,27H,4H2,1-3H3/b25-14+. The van der Waals surface area contributed by atoms with Gasteiger partial charge in [0.15, 0.2) is 5.65 Å². The van der Waals surface area contributed by atoms with Crippen molar-refractivity contribution in [1.82, 2.24) is 9.38 Å². The number of anilines is 1. The second kappa shape index (κ2) is 7.64. The minimum absolute atomic E-state index is 0.595. The first kappa shape index (κ1) is 18.5. The van der Waals surface area contributed by atoms with Crippen molar-refractivity contribution in [3.63, 3.8) is 0 Å². The number of benzene rings is 2. The van der Waals surface area contributed by atoms with Gasteiger partial charge in [0.25, 0.3) is 0 Å². The van der Waals surface area contributed by atoms with Gasteiger partial charge in [0.1, 0.15) is 17.6 Å². The van der Waals surface area contributed by atoms with Gasteiger partial charge in [-0.25, -0.2) is 4.98 Å². The maximum Gasteiger partial charge on any atom is 0.157 e. The van der Waals surface area contributed by atoms with Gasteiger partial charge < -0.3 is 4.74 Å². The lowest BCUT2D eigenvalue weighted by Gasteiger charge is -2.15.